The number of piperidine rings is 1. The lowest BCUT2D eigenvalue weighted by Crippen LogP contribution is -2.44. The van der Waals surface area contributed by atoms with Crippen LogP contribution in [0.5, 0.6) is 5.75 Å². The molecule has 1 atom stereocenters. The first kappa shape index (κ1) is 23.0. The van der Waals surface area contributed by atoms with E-state index in [1.54, 1.807) is 23.3 Å². The molecule has 2 amide bonds. The summed E-state index contributed by atoms with van der Waals surface area (Å²) in [6, 6.07) is 9.23. The topological polar surface area (TPSA) is 79.9 Å². The lowest BCUT2D eigenvalue weighted by molar-refractivity contribution is -0.117. The lowest BCUT2D eigenvalue weighted by Gasteiger charge is -2.40. The number of amides is 2. The fraction of sp³-hybridized carbons (Fsp3) is 0.478. The zero-order chi connectivity index (χ0) is 21.4. The molecular formula is C23H28ClN3O4S. The molecule has 32 heavy (non-hydrogen) atoms. The van der Waals surface area contributed by atoms with Gasteiger partial charge in [0.15, 0.2) is 0 Å². The first-order chi connectivity index (χ1) is 15.1. The Morgan fingerprint density at radius 1 is 1.28 bits per heavy atom. The van der Waals surface area contributed by atoms with Crippen LogP contribution in [-0.2, 0) is 21.6 Å². The van der Waals surface area contributed by atoms with Gasteiger partial charge in [0, 0.05) is 23.5 Å². The molecule has 172 valence electrons. The lowest BCUT2D eigenvalue weighted by atomic mass is 9.86. The van der Waals surface area contributed by atoms with Crippen LogP contribution in [0, 0.1) is 0 Å². The van der Waals surface area contributed by atoms with Crippen molar-refractivity contribution in [1.82, 2.24) is 10.6 Å². The second kappa shape index (κ2) is 9.39. The predicted molar refractivity (Wildman–Crippen MR) is 126 cm³/mol. The van der Waals surface area contributed by atoms with Gasteiger partial charge in [-0.15, -0.1) is 23.7 Å². The molecule has 2 saturated heterocycles. The van der Waals surface area contributed by atoms with E-state index < -0.39 is 0 Å². The SMILES string of the molecule is COc1ccc(N2CC(NC(=O)c3cc4c(s3)C3(CCNCC3)OCC4)CC2=O)cc1.Cl. The van der Waals surface area contributed by atoms with Crippen LogP contribution in [0.4, 0.5) is 5.69 Å². The third-order valence-corrected chi connectivity index (χ3v) is 7.81. The number of carbonyl (C=O) groups excluding carboxylic acids is 2. The molecule has 1 aromatic carbocycles. The van der Waals surface area contributed by atoms with Crippen LogP contribution < -0.4 is 20.3 Å². The van der Waals surface area contributed by atoms with E-state index in [4.69, 9.17) is 9.47 Å². The molecule has 1 unspecified atom stereocenters. The van der Waals surface area contributed by atoms with Gasteiger partial charge in [0.1, 0.15) is 11.4 Å². The Labute approximate surface area is 197 Å². The molecule has 0 saturated carbocycles. The maximum atomic E-state index is 13.0. The van der Waals surface area contributed by atoms with E-state index in [9.17, 15) is 9.59 Å². The van der Waals surface area contributed by atoms with Gasteiger partial charge < -0.3 is 25.0 Å². The number of hydrogen-bond donors (Lipinski definition) is 2. The molecule has 0 radical (unpaired) electrons. The van der Waals surface area contributed by atoms with Crippen molar-refractivity contribution in [3.63, 3.8) is 0 Å². The molecule has 0 aliphatic carbocycles. The van der Waals surface area contributed by atoms with Gasteiger partial charge in [-0.05, 0) is 68.2 Å². The van der Waals surface area contributed by atoms with Gasteiger partial charge in [0.2, 0.25) is 5.91 Å². The van der Waals surface area contributed by atoms with E-state index in [0.29, 0.717) is 24.4 Å². The first-order valence-electron chi connectivity index (χ1n) is 10.8. The average Bonchev–Trinajstić information content (AvgIpc) is 3.39. The summed E-state index contributed by atoms with van der Waals surface area (Å²) in [5.74, 6) is 0.665. The minimum absolute atomic E-state index is 0. The van der Waals surface area contributed by atoms with Gasteiger partial charge in [-0.3, -0.25) is 9.59 Å². The van der Waals surface area contributed by atoms with Gasteiger partial charge in [-0.25, -0.2) is 0 Å². The standard InChI is InChI=1S/C23H27N3O4S.ClH/c1-29-18-4-2-17(3-5-18)26-14-16(13-20(26)27)25-22(28)19-12-15-6-11-30-23(21(15)31-19)7-9-24-10-8-23;/h2-5,12,16,24H,6-11,13-14H2,1H3,(H,25,28);1H. The summed E-state index contributed by atoms with van der Waals surface area (Å²) >= 11 is 1.56. The summed E-state index contributed by atoms with van der Waals surface area (Å²) in [6.45, 7) is 3.05. The van der Waals surface area contributed by atoms with Crippen LogP contribution in [0.15, 0.2) is 30.3 Å². The summed E-state index contributed by atoms with van der Waals surface area (Å²) in [7, 11) is 1.61. The Morgan fingerprint density at radius 3 is 2.75 bits per heavy atom. The third kappa shape index (κ3) is 4.24. The Kier molecular flexibility index (Phi) is 6.76. The van der Waals surface area contributed by atoms with Gasteiger partial charge in [-0.2, -0.15) is 0 Å². The van der Waals surface area contributed by atoms with Crippen LogP contribution in [0.25, 0.3) is 0 Å². The van der Waals surface area contributed by atoms with Gasteiger partial charge in [0.25, 0.3) is 5.91 Å². The summed E-state index contributed by atoms with van der Waals surface area (Å²) in [5.41, 5.74) is 1.82. The fourth-order valence-electron chi connectivity index (χ4n) is 4.81. The highest BCUT2D eigenvalue weighted by Crippen LogP contribution is 2.44. The van der Waals surface area contributed by atoms with Crippen LogP contribution in [0.2, 0.25) is 0 Å². The molecule has 0 bridgehead atoms. The number of anilines is 1. The molecule has 2 fully saturated rings. The quantitative estimate of drug-likeness (QED) is 0.707. The zero-order valence-electron chi connectivity index (χ0n) is 18.0. The van der Waals surface area contributed by atoms with E-state index in [0.717, 1.165) is 43.8 Å². The fourth-order valence-corrected chi connectivity index (χ4v) is 6.12. The number of halogens is 1. The maximum absolute atomic E-state index is 13.0. The molecule has 1 aromatic heterocycles. The van der Waals surface area contributed by atoms with Crippen molar-refractivity contribution in [3.05, 3.63) is 45.6 Å². The monoisotopic (exact) mass is 477 g/mol. The molecule has 3 aliphatic heterocycles. The molecule has 1 spiro atoms. The largest absolute Gasteiger partial charge is 0.497 e. The number of nitrogens with zero attached hydrogens (tertiary/aromatic N) is 1. The molecule has 7 nitrogen and oxygen atoms in total. The number of fused-ring (bicyclic) bond motifs is 2. The Bertz CT molecular complexity index is 988. The number of rotatable bonds is 4. The number of thiophene rings is 1. The number of methoxy groups -OCH3 is 1. The van der Waals surface area contributed by atoms with Crippen molar-refractivity contribution < 1.29 is 19.1 Å². The van der Waals surface area contributed by atoms with E-state index in [2.05, 4.69) is 10.6 Å². The Hall–Kier alpha value is -2.13. The Balaban J connectivity index is 0.00000245. The molecule has 2 aromatic rings. The van der Waals surface area contributed by atoms with Crippen LogP contribution >= 0.6 is 23.7 Å². The number of nitrogens with one attached hydrogen (secondary N) is 2. The maximum Gasteiger partial charge on any atom is 0.261 e. The van der Waals surface area contributed by atoms with Gasteiger partial charge in [0.05, 0.1) is 24.6 Å². The normalized spacial score (nSPS) is 21.7. The average molecular weight is 478 g/mol. The molecule has 3 aliphatic rings. The zero-order valence-corrected chi connectivity index (χ0v) is 19.7. The predicted octanol–water partition coefficient (Wildman–Crippen LogP) is 2.87. The van der Waals surface area contributed by atoms with E-state index >= 15 is 0 Å². The molecule has 4 heterocycles. The van der Waals surface area contributed by atoms with Gasteiger partial charge >= 0.3 is 0 Å². The summed E-state index contributed by atoms with van der Waals surface area (Å²) in [6.07, 6.45) is 3.04. The van der Waals surface area contributed by atoms with E-state index in [1.807, 2.05) is 30.3 Å². The highest BCUT2D eigenvalue weighted by Gasteiger charge is 2.41. The van der Waals surface area contributed by atoms with Crippen LogP contribution in [-0.4, -0.2) is 51.2 Å². The summed E-state index contributed by atoms with van der Waals surface area (Å²) < 4.78 is 11.4. The van der Waals surface area contributed by atoms with Crippen LogP contribution in [0.1, 0.15) is 39.4 Å². The second-order valence-electron chi connectivity index (χ2n) is 8.38. The third-order valence-electron chi connectivity index (χ3n) is 6.45. The minimum Gasteiger partial charge on any atom is -0.497 e. The molecule has 9 heteroatoms. The highest BCUT2D eigenvalue weighted by molar-refractivity contribution is 7.14. The highest BCUT2D eigenvalue weighted by atomic mass is 35.5. The number of ether oxygens (including phenoxy) is 2. The van der Waals surface area contributed by atoms with E-state index in [-0.39, 0.29) is 35.9 Å². The molecule has 2 N–H and O–H groups in total. The molecule has 5 rings (SSSR count). The first-order valence-corrected chi connectivity index (χ1v) is 11.6. The van der Waals surface area contributed by atoms with E-state index in [1.165, 1.54) is 10.4 Å². The van der Waals surface area contributed by atoms with Crippen molar-refractivity contribution in [1.29, 1.82) is 0 Å². The Morgan fingerprint density at radius 2 is 2.03 bits per heavy atom. The van der Waals surface area contributed by atoms with Crippen molar-refractivity contribution in [2.24, 2.45) is 0 Å². The number of benzene rings is 1. The number of hydrogen-bond acceptors (Lipinski definition) is 6. The van der Waals surface area contributed by atoms with Crippen molar-refractivity contribution in [2.45, 2.75) is 37.3 Å². The van der Waals surface area contributed by atoms with Crippen molar-refractivity contribution >= 4 is 41.2 Å². The number of carbonyl (C=O) groups is 2. The smallest absolute Gasteiger partial charge is 0.261 e. The van der Waals surface area contributed by atoms with Crippen molar-refractivity contribution in [3.8, 4) is 5.75 Å². The van der Waals surface area contributed by atoms with Crippen molar-refractivity contribution in [2.75, 3.05) is 38.3 Å². The second-order valence-corrected chi connectivity index (χ2v) is 9.44. The van der Waals surface area contributed by atoms with Crippen LogP contribution in [0.3, 0.4) is 0 Å². The van der Waals surface area contributed by atoms with Gasteiger partial charge in [-0.1, -0.05) is 0 Å². The summed E-state index contributed by atoms with van der Waals surface area (Å²) in [4.78, 5) is 29.2. The summed E-state index contributed by atoms with van der Waals surface area (Å²) in [5, 5.41) is 6.47. The molecular weight excluding hydrogens is 450 g/mol. The minimum atomic E-state index is -0.240.